The van der Waals surface area contributed by atoms with Crippen molar-refractivity contribution in [3.63, 3.8) is 0 Å². The highest BCUT2D eigenvalue weighted by atomic mass is 16.1. The van der Waals surface area contributed by atoms with Gasteiger partial charge in [-0.05, 0) is 55.4 Å². The molecule has 4 atom stereocenters. The number of pyridine rings is 2. The first-order valence-corrected chi connectivity index (χ1v) is 9.24. The van der Waals surface area contributed by atoms with Gasteiger partial charge in [-0.15, -0.1) is 0 Å². The SMILES string of the molecule is Cc1cc(C#N)cnc1C(=O)NC1CCC2NNC(c3cccnc3)C2C1. The van der Waals surface area contributed by atoms with Crippen molar-refractivity contribution in [2.24, 2.45) is 5.92 Å². The van der Waals surface area contributed by atoms with Gasteiger partial charge in [0, 0.05) is 30.7 Å². The van der Waals surface area contributed by atoms with Crippen molar-refractivity contribution in [3.05, 3.63) is 59.2 Å². The fourth-order valence-electron chi connectivity index (χ4n) is 4.21. The molecule has 1 saturated carbocycles. The van der Waals surface area contributed by atoms with Gasteiger partial charge in [-0.1, -0.05) is 6.07 Å². The van der Waals surface area contributed by atoms with Crippen LogP contribution in [0, 0.1) is 24.2 Å². The summed E-state index contributed by atoms with van der Waals surface area (Å²) >= 11 is 0. The highest BCUT2D eigenvalue weighted by Crippen LogP contribution is 2.37. The molecule has 4 unspecified atom stereocenters. The summed E-state index contributed by atoms with van der Waals surface area (Å²) in [6, 6.07) is 8.48. The number of nitrogens with zero attached hydrogens (tertiary/aromatic N) is 3. The summed E-state index contributed by atoms with van der Waals surface area (Å²) in [6.07, 6.45) is 7.94. The Kier molecular flexibility index (Phi) is 4.84. The lowest BCUT2D eigenvalue weighted by Crippen LogP contribution is -2.44. The van der Waals surface area contributed by atoms with E-state index in [4.69, 9.17) is 5.26 Å². The first-order chi connectivity index (χ1) is 13.2. The number of carbonyl (C=O) groups is 1. The van der Waals surface area contributed by atoms with Gasteiger partial charge in [-0.3, -0.25) is 15.2 Å². The molecular formula is C20H22N6O. The van der Waals surface area contributed by atoms with Crippen LogP contribution in [0.15, 0.2) is 36.8 Å². The van der Waals surface area contributed by atoms with Crippen molar-refractivity contribution in [2.45, 2.75) is 44.3 Å². The Balaban J connectivity index is 1.45. The van der Waals surface area contributed by atoms with Crippen LogP contribution in [0.25, 0.3) is 0 Å². The van der Waals surface area contributed by atoms with Crippen LogP contribution in [0.2, 0.25) is 0 Å². The maximum absolute atomic E-state index is 12.7. The zero-order valence-electron chi connectivity index (χ0n) is 15.1. The Hall–Kier alpha value is -2.82. The summed E-state index contributed by atoms with van der Waals surface area (Å²) in [4.78, 5) is 21.1. The lowest BCUT2D eigenvalue weighted by molar-refractivity contribution is 0.0909. The van der Waals surface area contributed by atoms with E-state index >= 15 is 0 Å². The van der Waals surface area contributed by atoms with Crippen LogP contribution in [0.3, 0.4) is 0 Å². The molecule has 2 aromatic rings. The van der Waals surface area contributed by atoms with Crippen LogP contribution in [0.5, 0.6) is 0 Å². The predicted molar refractivity (Wildman–Crippen MR) is 99.3 cm³/mol. The van der Waals surface area contributed by atoms with Crippen LogP contribution in [-0.4, -0.2) is 28.0 Å². The summed E-state index contributed by atoms with van der Waals surface area (Å²) in [5.74, 6) is 0.223. The van der Waals surface area contributed by atoms with Gasteiger partial charge >= 0.3 is 0 Å². The molecule has 2 fully saturated rings. The number of fused-ring (bicyclic) bond motifs is 1. The molecule has 2 aliphatic rings. The van der Waals surface area contributed by atoms with Gasteiger partial charge in [0.2, 0.25) is 0 Å². The molecule has 1 aliphatic heterocycles. The molecule has 0 aromatic carbocycles. The minimum absolute atomic E-state index is 0.108. The van der Waals surface area contributed by atoms with Gasteiger partial charge in [-0.25, -0.2) is 10.4 Å². The van der Waals surface area contributed by atoms with E-state index in [1.54, 1.807) is 12.3 Å². The molecule has 3 heterocycles. The molecule has 0 spiro atoms. The molecule has 7 nitrogen and oxygen atoms in total. The number of carbonyl (C=O) groups excluding carboxylic acids is 1. The molecule has 1 amide bonds. The fourth-order valence-corrected chi connectivity index (χ4v) is 4.21. The standard InChI is InChI=1S/C20H22N6O/c1-12-7-13(9-21)10-23-18(12)20(27)24-15-4-5-17-16(8-15)19(26-25-17)14-3-2-6-22-11-14/h2-3,6-7,10-11,15-17,19,25-26H,4-5,8H2,1H3,(H,24,27). The number of nitriles is 1. The minimum Gasteiger partial charge on any atom is -0.348 e. The van der Waals surface area contributed by atoms with Crippen molar-refractivity contribution in [1.29, 1.82) is 5.26 Å². The lowest BCUT2D eigenvalue weighted by atomic mass is 9.77. The largest absolute Gasteiger partial charge is 0.348 e. The number of hydrogen-bond acceptors (Lipinski definition) is 6. The number of hydrogen-bond donors (Lipinski definition) is 3. The van der Waals surface area contributed by atoms with Crippen LogP contribution < -0.4 is 16.2 Å². The monoisotopic (exact) mass is 362 g/mol. The van der Waals surface area contributed by atoms with Crippen molar-refractivity contribution >= 4 is 5.91 Å². The number of aromatic nitrogens is 2. The average Bonchev–Trinajstić information content (AvgIpc) is 3.11. The summed E-state index contributed by atoms with van der Waals surface area (Å²) in [7, 11) is 0. The Morgan fingerprint density at radius 1 is 1.33 bits per heavy atom. The first-order valence-electron chi connectivity index (χ1n) is 9.24. The average molecular weight is 362 g/mol. The number of amides is 1. The molecule has 4 rings (SSSR count). The van der Waals surface area contributed by atoms with Crippen molar-refractivity contribution in [1.82, 2.24) is 26.1 Å². The second-order valence-corrected chi connectivity index (χ2v) is 7.31. The minimum atomic E-state index is -0.169. The Morgan fingerprint density at radius 3 is 2.96 bits per heavy atom. The van der Waals surface area contributed by atoms with Gasteiger partial charge in [-0.2, -0.15) is 5.26 Å². The van der Waals surface area contributed by atoms with Gasteiger partial charge in [0.25, 0.3) is 5.91 Å². The first kappa shape index (κ1) is 17.6. The van der Waals surface area contributed by atoms with E-state index in [0.717, 1.165) is 30.4 Å². The fraction of sp³-hybridized carbons (Fsp3) is 0.400. The summed E-state index contributed by atoms with van der Waals surface area (Å²) in [5.41, 5.74) is 9.53. The van der Waals surface area contributed by atoms with Crippen LogP contribution in [-0.2, 0) is 0 Å². The number of rotatable bonds is 3. The predicted octanol–water partition coefficient (Wildman–Crippen LogP) is 1.77. The van der Waals surface area contributed by atoms with Gasteiger partial charge in [0.05, 0.1) is 11.6 Å². The van der Waals surface area contributed by atoms with E-state index < -0.39 is 0 Å². The molecule has 0 radical (unpaired) electrons. The number of aryl methyl sites for hydroxylation is 1. The zero-order chi connectivity index (χ0) is 18.8. The topological polar surface area (TPSA) is 103 Å². The molecule has 1 aliphatic carbocycles. The van der Waals surface area contributed by atoms with E-state index in [9.17, 15) is 4.79 Å². The van der Waals surface area contributed by atoms with E-state index in [1.807, 2.05) is 25.3 Å². The maximum atomic E-state index is 12.7. The third-order valence-electron chi connectivity index (χ3n) is 5.55. The highest BCUT2D eigenvalue weighted by Gasteiger charge is 2.41. The number of nitrogens with one attached hydrogen (secondary N) is 3. The Morgan fingerprint density at radius 2 is 2.22 bits per heavy atom. The highest BCUT2D eigenvalue weighted by molar-refractivity contribution is 5.93. The zero-order valence-corrected chi connectivity index (χ0v) is 15.1. The molecule has 3 N–H and O–H groups in total. The maximum Gasteiger partial charge on any atom is 0.270 e. The third kappa shape index (κ3) is 3.54. The molecule has 1 saturated heterocycles. The smallest absolute Gasteiger partial charge is 0.270 e. The quantitative estimate of drug-likeness (QED) is 0.769. The van der Waals surface area contributed by atoms with Crippen LogP contribution in [0.1, 0.15) is 52.5 Å². The van der Waals surface area contributed by atoms with E-state index in [2.05, 4.69) is 32.2 Å². The summed E-state index contributed by atoms with van der Waals surface area (Å²) < 4.78 is 0. The number of hydrazine groups is 1. The molecule has 2 aromatic heterocycles. The second-order valence-electron chi connectivity index (χ2n) is 7.31. The molecule has 138 valence electrons. The van der Waals surface area contributed by atoms with E-state index in [-0.39, 0.29) is 18.0 Å². The van der Waals surface area contributed by atoms with E-state index in [1.165, 1.54) is 6.20 Å². The molecular weight excluding hydrogens is 340 g/mol. The third-order valence-corrected chi connectivity index (χ3v) is 5.55. The summed E-state index contributed by atoms with van der Waals surface area (Å²) in [6.45, 7) is 1.81. The van der Waals surface area contributed by atoms with Gasteiger partial charge in [0.15, 0.2) is 0 Å². The molecule has 0 bridgehead atoms. The normalized spacial score (nSPS) is 26.8. The molecule has 27 heavy (non-hydrogen) atoms. The van der Waals surface area contributed by atoms with Crippen LogP contribution in [0.4, 0.5) is 0 Å². The van der Waals surface area contributed by atoms with Crippen LogP contribution >= 0.6 is 0 Å². The van der Waals surface area contributed by atoms with Gasteiger partial charge in [0.1, 0.15) is 11.8 Å². The van der Waals surface area contributed by atoms with Crippen molar-refractivity contribution in [2.75, 3.05) is 0 Å². The lowest BCUT2D eigenvalue weighted by Gasteiger charge is -2.33. The second kappa shape index (κ2) is 7.43. The Labute approximate surface area is 158 Å². The summed E-state index contributed by atoms with van der Waals surface area (Å²) in [5, 5.41) is 12.1. The van der Waals surface area contributed by atoms with Gasteiger partial charge < -0.3 is 5.32 Å². The van der Waals surface area contributed by atoms with Crippen molar-refractivity contribution in [3.8, 4) is 6.07 Å². The van der Waals surface area contributed by atoms with Crippen molar-refractivity contribution < 1.29 is 4.79 Å². The molecule has 7 heteroatoms. The Bertz CT molecular complexity index is 878. The van der Waals surface area contributed by atoms with E-state index in [0.29, 0.717) is 23.2 Å².